The Morgan fingerprint density at radius 3 is 3.09 bits per heavy atom. The molecule has 0 bridgehead atoms. The van der Waals surface area contributed by atoms with Gasteiger partial charge < -0.3 is 15.2 Å². The summed E-state index contributed by atoms with van der Waals surface area (Å²) in [6.45, 7) is 3.92. The number of carbonyl (C=O) groups excluding carboxylic acids is 1. The quantitative estimate of drug-likeness (QED) is 0.913. The first-order valence-electron chi connectivity index (χ1n) is 7.38. The minimum atomic E-state index is -0.211. The van der Waals surface area contributed by atoms with Gasteiger partial charge in [0.05, 0.1) is 0 Å². The maximum Gasteiger partial charge on any atom is 0.273 e. The minimum absolute atomic E-state index is 0.118. The standard InChI is InChI=1S/C16H18ClN3O2/c1-10-5-6-18-9-14(10)19-16(21)13-8-15(22-20-13)11-3-2-4-12(17)7-11/h2-4,7-8,10,14,18H,5-6,9H2,1H3,(H,19,21). The number of rotatable bonds is 3. The molecule has 2 heterocycles. The van der Waals surface area contributed by atoms with Crippen LogP contribution in [0, 0.1) is 5.92 Å². The summed E-state index contributed by atoms with van der Waals surface area (Å²) >= 11 is 5.96. The van der Waals surface area contributed by atoms with Crippen LogP contribution in [0.15, 0.2) is 34.9 Å². The molecule has 1 aromatic heterocycles. The number of hydrogen-bond donors (Lipinski definition) is 2. The third-order valence-electron chi connectivity index (χ3n) is 4.00. The first-order valence-corrected chi connectivity index (χ1v) is 7.75. The highest BCUT2D eigenvalue weighted by Gasteiger charge is 2.24. The van der Waals surface area contributed by atoms with Crippen LogP contribution < -0.4 is 10.6 Å². The lowest BCUT2D eigenvalue weighted by Gasteiger charge is -2.29. The second-order valence-corrected chi connectivity index (χ2v) is 6.07. The summed E-state index contributed by atoms with van der Waals surface area (Å²) in [5, 5.41) is 10.8. The zero-order valence-electron chi connectivity index (χ0n) is 12.3. The number of amides is 1. The Kier molecular flexibility index (Phi) is 4.45. The van der Waals surface area contributed by atoms with Gasteiger partial charge in [-0.25, -0.2) is 0 Å². The van der Waals surface area contributed by atoms with Crippen LogP contribution in [0.25, 0.3) is 11.3 Å². The molecule has 2 unspecified atom stereocenters. The van der Waals surface area contributed by atoms with Crippen LogP contribution in [0.2, 0.25) is 5.02 Å². The van der Waals surface area contributed by atoms with Gasteiger partial charge in [0.25, 0.3) is 5.91 Å². The molecule has 0 radical (unpaired) electrons. The zero-order valence-corrected chi connectivity index (χ0v) is 13.1. The highest BCUT2D eigenvalue weighted by molar-refractivity contribution is 6.30. The predicted molar refractivity (Wildman–Crippen MR) is 84.9 cm³/mol. The van der Waals surface area contributed by atoms with Gasteiger partial charge in [-0.15, -0.1) is 0 Å². The second-order valence-electron chi connectivity index (χ2n) is 5.64. The van der Waals surface area contributed by atoms with Crippen LogP contribution in [0.1, 0.15) is 23.8 Å². The molecule has 2 N–H and O–H groups in total. The second kappa shape index (κ2) is 6.50. The highest BCUT2D eigenvalue weighted by atomic mass is 35.5. The van der Waals surface area contributed by atoms with Crippen molar-refractivity contribution in [3.8, 4) is 11.3 Å². The molecular weight excluding hydrogens is 302 g/mol. The monoisotopic (exact) mass is 319 g/mol. The van der Waals surface area contributed by atoms with Gasteiger partial charge in [0.1, 0.15) is 0 Å². The molecule has 2 aromatic rings. The van der Waals surface area contributed by atoms with E-state index >= 15 is 0 Å². The molecule has 1 aliphatic heterocycles. The average Bonchev–Trinajstić information content (AvgIpc) is 2.99. The number of aromatic nitrogens is 1. The molecule has 3 rings (SSSR count). The lowest BCUT2D eigenvalue weighted by atomic mass is 9.95. The molecule has 22 heavy (non-hydrogen) atoms. The Morgan fingerprint density at radius 1 is 1.45 bits per heavy atom. The van der Waals surface area contributed by atoms with E-state index in [0.29, 0.717) is 16.7 Å². The maximum absolute atomic E-state index is 12.3. The summed E-state index contributed by atoms with van der Waals surface area (Å²) in [5.41, 5.74) is 1.08. The van der Waals surface area contributed by atoms with Crippen molar-refractivity contribution in [2.45, 2.75) is 19.4 Å². The van der Waals surface area contributed by atoms with Crippen LogP contribution in [0.4, 0.5) is 0 Å². The molecule has 1 amide bonds. The van der Waals surface area contributed by atoms with E-state index in [1.165, 1.54) is 0 Å². The van der Waals surface area contributed by atoms with Crippen molar-refractivity contribution in [3.63, 3.8) is 0 Å². The van der Waals surface area contributed by atoms with Gasteiger partial charge in [0.15, 0.2) is 11.5 Å². The topological polar surface area (TPSA) is 67.2 Å². The summed E-state index contributed by atoms with van der Waals surface area (Å²) in [7, 11) is 0. The summed E-state index contributed by atoms with van der Waals surface area (Å²) in [5.74, 6) is 0.768. The van der Waals surface area contributed by atoms with Crippen LogP contribution >= 0.6 is 11.6 Å². The smallest absolute Gasteiger partial charge is 0.273 e. The van der Waals surface area contributed by atoms with E-state index < -0.39 is 0 Å². The van der Waals surface area contributed by atoms with E-state index in [1.807, 2.05) is 12.1 Å². The third kappa shape index (κ3) is 3.31. The van der Waals surface area contributed by atoms with Crippen LogP contribution in [0.5, 0.6) is 0 Å². The summed E-state index contributed by atoms with van der Waals surface area (Å²) in [4.78, 5) is 12.3. The van der Waals surface area contributed by atoms with Gasteiger partial charge in [0.2, 0.25) is 0 Å². The van der Waals surface area contributed by atoms with Crippen LogP contribution in [0.3, 0.4) is 0 Å². The van der Waals surface area contributed by atoms with E-state index in [1.54, 1.807) is 18.2 Å². The van der Waals surface area contributed by atoms with Gasteiger partial charge >= 0.3 is 0 Å². The van der Waals surface area contributed by atoms with Crippen molar-refractivity contribution in [3.05, 3.63) is 41.0 Å². The summed E-state index contributed by atoms with van der Waals surface area (Å²) in [6.07, 6.45) is 1.05. The molecule has 5 nitrogen and oxygen atoms in total. The molecular formula is C16H18ClN3O2. The first kappa shape index (κ1) is 15.1. The van der Waals surface area contributed by atoms with Gasteiger partial charge in [0, 0.05) is 29.2 Å². The van der Waals surface area contributed by atoms with Crippen molar-refractivity contribution in [1.29, 1.82) is 0 Å². The zero-order chi connectivity index (χ0) is 15.5. The number of nitrogens with zero attached hydrogens (tertiary/aromatic N) is 1. The number of piperidine rings is 1. The molecule has 1 aromatic carbocycles. The number of halogens is 1. The van der Waals surface area contributed by atoms with E-state index in [-0.39, 0.29) is 17.6 Å². The number of carbonyl (C=O) groups is 1. The fraction of sp³-hybridized carbons (Fsp3) is 0.375. The molecule has 1 fully saturated rings. The van der Waals surface area contributed by atoms with Gasteiger partial charge in [-0.05, 0) is 31.0 Å². The Balaban J connectivity index is 1.71. The van der Waals surface area contributed by atoms with Crippen molar-refractivity contribution >= 4 is 17.5 Å². The third-order valence-corrected chi connectivity index (χ3v) is 4.23. The molecule has 6 heteroatoms. The maximum atomic E-state index is 12.3. The van der Waals surface area contributed by atoms with Gasteiger partial charge in [-0.1, -0.05) is 35.8 Å². The predicted octanol–water partition coefficient (Wildman–Crippen LogP) is 2.72. The van der Waals surface area contributed by atoms with Crippen molar-refractivity contribution in [2.75, 3.05) is 13.1 Å². The van der Waals surface area contributed by atoms with E-state index in [9.17, 15) is 4.79 Å². The van der Waals surface area contributed by atoms with E-state index in [2.05, 4.69) is 22.7 Å². The fourth-order valence-electron chi connectivity index (χ4n) is 2.59. The van der Waals surface area contributed by atoms with Crippen molar-refractivity contribution in [1.82, 2.24) is 15.8 Å². The molecule has 2 atom stereocenters. The van der Waals surface area contributed by atoms with Crippen molar-refractivity contribution < 1.29 is 9.32 Å². The minimum Gasteiger partial charge on any atom is -0.355 e. The van der Waals surface area contributed by atoms with Gasteiger partial charge in [-0.2, -0.15) is 0 Å². The van der Waals surface area contributed by atoms with E-state index in [0.717, 1.165) is 25.1 Å². The van der Waals surface area contributed by atoms with Crippen LogP contribution in [-0.2, 0) is 0 Å². The van der Waals surface area contributed by atoms with Crippen LogP contribution in [-0.4, -0.2) is 30.2 Å². The highest BCUT2D eigenvalue weighted by Crippen LogP contribution is 2.23. The molecule has 116 valence electrons. The molecule has 0 saturated carbocycles. The largest absolute Gasteiger partial charge is 0.355 e. The Morgan fingerprint density at radius 2 is 2.32 bits per heavy atom. The average molecular weight is 320 g/mol. The molecule has 1 saturated heterocycles. The normalized spacial score (nSPS) is 21.5. The lowest BCUT2D eigenvalue weighted by molar-refractivity contribution is 0.0906. The molecule has 0 aliphatic carbocycles. The first-order chi connectivity index (χ1) is 10.6. The Hall–Kier alpha value is -1.85. The number of hydrogen-bond acceptors (Lipinski definition) is 4. The lowest BCUT2D eigenvalue weighted by Crippen LogP contribution is -2.50. The summed E-state index contributed by atoms with van der Waals surface area (Å²) in [6, 6.07) is 9.01. The Labute approximate surface area is 134 Å². The Bertz CT molecular complexity index is 671. The molecule has 1 aliphatic rings. The van der Waals surface area contributed by atoms with Gasteiger partial charge in [-0.3, -0.25) is 4.79 Å². The van der Waals surface area contributed by atoms with E-state index in [4.69, 9.17) is 16.1 Å². The summed E-state index contributed by atoms with van der Waals surface area (Å²) < 4.78 is 5.26. The SMILES string of the molecule is CC1CCNCC1NC(=O)c1cc(-c2cccc(Cl)c2)on1. The number of nitrogens with one attached hydrogen (secondary N) is 2. The fourth-order valence-corrected chi connectivity index (χ4v) is 2.78. The molecule has 0 spiro atoms. The van der Waals surface area contributed by atoms with Crippen molar-refractivity contribution in [2.24, 2.45) is 5.92 Å². The number of benzene rings is 1.